The highest BCUT2D eigenvalue weighted by Crippen LogP contribution is 2.37. The average Bonchev–Trinajstić information content (AvgIpc) is 2.84. The van der Waals surface area contributed by atoms with Gasteiger partial charge in [-0.15, -0.1) is 0 Å². The van der Waals surface area contributed by atoms with Crippen LogP contribution in [0.5, 0.6) is 0 Å². The molecule has 0 spiro atoms. The Bertz CT molecular complexity index is 465. The molecule has 1 aliphatic rings. The number of nitrogens with zero attached hydrogens (tertiary/aromatic N) is 2. The van der Waals surface area contributed by atoms with E-state index >= 15 is 0 Å². The maximum Gasteiger partial charge on any atom is 0.137 e. The fraction of sp³-hybridized carbons (Fsp3) is 0.733. The normalized spacial score (nSPS) is 18.2. The lowest BCUT2D eigenvalue weighted by Gasteiger charge is -2.27. The third kappa shape index (κ3) is 3.61. The second-order valence-corrected chi connectivity index (χ2v) is 7.26. The number of aliphatic hydroxyl groups excluding tert-OH is 1. The molecule has 0 atom stereocenters. The predicted molar refractivity (Wildman–Crippen MR) is 82.2 cm³/mol. The van der Waals surface area contributed by atoms with Crippen molar-refractivity contribution in [3.05, 3.63) is 17.0 Å². The monoisotopic (exact) mass is 297 g/mol. The number of nitrogens with one attached hydrogen (secondary N) is 1. The van der Waals surface area contributed by atoms with Crippen molar-refractivity contribution >= 4 is 17.4 Å². The van der Waals surface area contributed by atoms with Crippen LogP contribution in [0.3, 0.4) is 0 Å². The SMILES string of the molecule is CC(C)(C)c1nc(Cl)cc(NCC2(CO)CCCC2)n1. The Morgan fingerprint density at radius 2 is 1.95 bits per heavy atom. The van der Waals surface area contributed by atoms with Gasteiger partial charge in [-0.3, -0.25) is 0 Å². The fourth-order valence-corrected chi connectivity index (χ4v) is 2.82. The van der Waals surface area contributed by atoms with E-state index in [4.69, 9.17) is 11.6 Å². The summed E-state index contributed by atoms with van der Waals surface area (Å²) in [4.78, 5) is 8.83. The van der Waals surface area contributed by atoms with Gasteiger partial charge in [-0.2, -0.15) is 0 Å². The number of hydrogen-bond acceptors (Lipinski definition) is 4. The van der Waals surface area contributed by atoms with Crippen LogP contribution in [0.4, 0.5) is 5.82 Å². The highest BCUT2D eigenvalue weighted by Gasteiger charge is 2.33. The first-order valence-corrected chi connectivity index (χ1v) is 7.62. The second-order valence-electron chi connectivity index (χ2n) is 6.87. The van der Waals surface area contributed by atoms with Gasteiger partial charge in [0.05, 0.1) is 6.61 Å². The molecule has 0 saturated heterocycles. The molecule has 1 saturated carbocycles. The molecular weight excluding hydrogens is 274 g/mol. The number of anilines is 1. The lowest BCUT2D eigenvalue weighted by atomic mass is 9.87. The Morgan fingerprint density at radius 1 is 1.30 bits per heavy atom. The molecule has 0 amide bonds. The zero-order valence-corrected chi connectivity index (χ0v) is 13.3. The molecule has 0 bridgehead atoms. The Kier molecular flexibility index (Phi) is 4.55. The molecule has 5 heteroatoms. The third-order valence-corrected chi connectivity index (χ3v) is 4.20. The number of hydrogen-bond donors (Lipinski definition) is 2. The van der Waals surface area contributed by atoms with E-state index in [9.17, 15) is 5.11 Å². The quantitative estimate of drug-likeness (QED) is 0.836. The van der Waals surface area contributed by atoms with Crippen LogP contribution in [-0.4, -0.2) is 28.2 Å². The Balaban J connectivity index is 2.11. The molecular formula is C15H24ClN3O. The second kappa shape index (κ2) is 5.86. The van der Waals surface area contributed by atoms with Crippen molar-refractivity contribution in [1.82, 2.24) is 9.97 Å². The van der Waals surface area contributed by atoms with Crippen molar-refractivity contribution in [3.8, 4) is 0 Å². The molecule has 1 fully saturated rings. The molecule has 0 aromatic carbocycles. The van der Waals surface area contributed by atoms with Crippen molar-refractivity contribution in [1.29, 1.82) is 0 Å². The molecule has 1 heterocycles. The summed E-state index contributed by atoms with van der Waals surface area (Å²) in [6.07, 6.45) is 4.53. The van der Waals surface area contributed by atoms with E-state index in [1.54, 1.807) is 6.07 Å². The van der Waals surface area contributed by atoms with Crippen molar-refractivity contribution < 1.29 is 5.11 Å². The van der Waals surface area contributed by atoms with Gasteiger partial charge in [0.15, 0.2) is 0 Å². The van der Waals surface area contributed by atoms with E-state index in [0.29, 0.717) is 5.15 Å². The number of aromatic nitrogens is 2. The van der Waals surface area contributed by atoms with Gasteiger partial charge in [0.2, 0.25) is 0 Å². The van der Waals surface area contributed by atoms with Crippen LogP contribution >= 0.6 is 11.6 Å². The lowest BCUT2D eigenvalue weighted by Crippen LogP contribution is -2.31. The van der Waals surface area contributed by atoms with E-state index in [1.807, 2.05) is 0 Å². The standard InChI is InChI=1S/C15H24ClN3O/c1-14(2,3)13-18-11(16)8-12(19-13)17-9-15(10-20)6-4-5-7-15/h8,20H,4-7,9-10H2,1-3H3,(H,17,18,19). The summed E-state index contributed by atoms with van der Waals surface area (Å²) in [7, 11) is 0. The molecule has 20 heavy (non-hydrogen) atoms. The van der Waals surface area contributed by atoms with Gasteiger partial charge in [0, 0.05) is 23.4 Å². The summed E-state index contributed by atoms with van der Waals surface area (Å²) in [5.41, 5.74) is -0.136. The maximum absolute atomic E-state index is 9.63. The number of aliphatic hydroxyl groups is 1. The molecule has 1 aromatic heterocycles. The molecule has 112 valence electrons. The molecule has 0 radical (unpaired) electrons. The number of halogens is 1. The summed E-state index contributed by atoms with van der Waals surface area (Å²) in [6.45, 7) is 7.16. The molecule has 4 nitrogen and oxygen atoms in total. The molecule has 1 aromatic rings. The van der Waals surface area contributed by atoms with Gasteiger partial charge >= 0.3 is 0 Å². The fourth-order valence-electron chi connectivity index (χ4n) is 2.64. The van der Waals surface area contributed by atoms with Crippen molar-refractivity contribution in [3.63, 3.8) is 0 Å². The first-order valence-electron chi connectivity index (χ1n) is 7.24. The minimum absolute atomic E-state index is 0.000673. The summed E-state index contributed by atoms with van der Waals surface area (Å²) < 4.78 is 0. The average molecular weight is 298 g/mol. The van der Waals surface area contributed by atoms with Crippen LogP contribution in [0.25, 0.3) is 0 Å². The van der Waals surface area contributed by atoms with E-state index < -0.39 is 0 Å². The Hall–Kier alpha value is -0.870. The van der Waals surface area contributed by atoms with Crippen LogP contribution < -0.4 is 5.32 Å². The highest BCUT2D eigenvalue weighted by atomic mass is 35.5. The van der Waals surface area contributed by atoms with Gasteiger partial charge in [-0.05, 0) is 12.8 Å². The minimum atomic E-state index is -0.136. The summed E-state index contributed by atoms with van der Waals surface area (Å²) >= 11 is 6.08. The highest BCUT2D eigenvalue weighted by molar-refractivity contribution is 6.29. The molecule has 2 N–H and O–H groups in total. The topological polar surface area (TPSA) is 58.0 Å². The first kappa shape index (κ1) is 15.5. The smallest absolute Gasteiger partial charge is 0.137 e. The molecule has 2 rings (SSSR count). The van der Waals surface area contributed by atoms with Crippen molar-refractivity contribution in [2.45, 2.75) is 51.9 Å². The van der Waals surface area contributed by atoms with Crippen LogP contribution in [0.15, 0.2) is 6.07 Å². The van der Waals surface area contributed by atoms with Crippen LogP contribution in [0, 0.1) is 5.41 Å². The van der Waals surface area contributed by atoms with Gasteiger partial charge < -0.3 is 10.4 Å². The van der Waals surface area contributed by atoms with Gasteiger partial charge in [0.25, 0.3) is 0 Å². The third-order valence-electron chi connectivity index (χ3n) is 4.01. The zero-order chi connectivity index (χ0) is 14.8. The minimum Gasteiger partial charge on any atom is -0.396 e. The molecule has 1 aliphatic carbocycles. The molecule has 0 unspecified atom stereocenters. The predicted octanol–water partition coefficient (Wildman–Crippen LogP) is 3.39. The zero-order valence-electron chi connectivity index (χ0n) is 12.5. The lowest BCUT2D eigenvalue weighted by molar-refractivity contribution is 0.142. The summed E-state index contributed by atoms with van der Waals surface area (Å²) in [5, 5.41) is 13.4. The van der Waals surface area contributed by atoms with Crippen LogP contribution in [0.2, 0.25) is 5.15 Å². The van der Waals surface area contributed by atoms with Gasteiger partial charge in [-0.1, -0.05) is 45.2 Å². The van der Waals surface area contributed by atoms with Crippen LogP contribution in [0.1, 0.15) is 52.3 Å². The van der Waals surface area contributed by atoms with Gasteiger partial charge in [-0.25, -0.2) is 9.97 Å². The van der Waals surface area contributed by atoms with Crippen molar-refractivity contribution in [2.24, 2.45) is 5.41 Å². The largest absolute Gasteiger partial charge is 0.396 e. The van der Waals surface area contributed by atoms with Gasteiger partial charge in [0.1, 0.15) is 16.8 Å². The Labute approximate surface area is 126 Å². The van der Waals surface area contributed by atoms with Crippen LogP contribution in [-0.2, 0) is 5.41 Å². The summed E-state index contributed by atoms with van der Waals surface area (Å²) in [6, 6.07) is 1.75. The first-order chi connectivity index (χ1) is 9.35. The Morgan fingerprint density at radius 3 is 2.50 bits per heavy atom. The van der Waals surface area contributed by atoms with Crippen molar-refractivity contribution in [2.75, 3.05) is 18.5 Å². The molecule has 0 aliphatic heterocycles. The van der Waals surface area contributed by atoms with E-state index in [0.717, 1.165) is 31.0 Å². The van der Waals surface area contributed by atoms with E-state index in [1.165, 1.54) is 12.8 Å². The summed E-state index contributed by atoms with van der Waals surface area (Å²) in [5.74, 6) is 1.48. The van der Waals surface area contributed by atoms with E-state index in [-0.39, 0.29) is 17.4 Å². The maximum atomic E-state index is 9.63. The number of rotatable bonds is 4. The van der Waals surface area contributed by atoms with E-state index in [2.05, 4.69) is 36.1 Å².